The van der Waals surface area contributed by atoms with Crippen LogP contribution in [0.2, 0.25) is 0 Å². The van der Waals surface area contributed by atoms with Gasteiger partial charge in [-0.3, -0.25) is 0 Å². The van der Waals surface area contributed by atoms with Crippen LogP contribution >= 0.6 is 11.8 Å². The number of hydrogen-bond acceptors (Lipinski definition) is 1. The molecule has 0 atom stereocenters. The summed E-state index contributed by atoms with van der Waals surface area (Å²) in [4.78, 5) is 0. The van der Waals surface area contributed by atoms with Gasteiger partial charge in [0, 0.05) is 11.5 Å². The van der Waals surface area contributed by atoms with Gasteiger partial charge in [0.05, 0.1) is 0 Å². The zero-order valence-electron chi connectivity index (χ0n) is 3.24. The molecule has 0 spiro atoms. The monoisotopic (exact) mass is 88.0 g/mol. The van der Waals surface area contributed by atoms with Crippen LogP contribution in [-0.2, 0) is 0 Å². The molecule has 1 rings (SSSR count). The highest BCUT2D eigenvalue weighted by Gasteiger charge is 1.95. The van der Waals surface area contributed by atoms with Crippen LogP contribution < -0.4 is 0 Å². The van der Waals surface area contributed by atoms with E-state index in [1.807, 2.05) is 11.8 Å². The number of hydrogen-bond donors (Lipinski definition) is 0. The molecule has 1 aliphatic rings. The first-order valence-corrected chi connectivity index (χ1v) is 2.73. The highest BCUT2D eigenvalue weighted by molar-refractivity contribution is 8.06. The van der Waals surface area contributed by atoms with Crippen molar-refractivity contribution in [2.45, 2.75) is 0 Å². The van der Waals surface area contributed by atoms with Crippen LogP contribution in [0.4, 0.5) is 0 Å². The predicted octanol–water partition coefficient (Wildman–Crippen LogP) is 1.54. The molecule has 0 amide bonds. The summed E-state index contributed by atoms with van der Waals surface area (Å²) in [6.07, 6.45) is 0. The maximum absolute atomic E-state index is 3.00. The average Bonchev–Trinajstić information content (AvgIpc) is 2.19. The first kappa shape index (κ1) is 5.09. The summed E-state index contributed by atoms with van der Waals surface area (Å²) in [6, 6.07) is 0. The Morgan fingerprint density at radius 1 is 1.20 bits per heavy atom. The van der Waals surface area contributed by atoms with Crippen LogP contribution in [-0.4, -0.2) is 11.5 Å². The molecule has 1 saturated heterocycles. The second-order valence-electron chi connectivity index (χ2n) is 0.612. The van der Waals surface area contributed by atoms with Gasteiger partial charge in [-0.2, -0.15) is 11.8 Å². The standard InChI is InChI=1S/C2H4S.C2H4/c1-2-3-1;1-2/h1-2H2;1-2H2. The van der Waals surface area contributed by atoms with E-state index >= 15 is 0 Å². The van der Waals surface area contributed by atoms with Gasteiger partial charge in [-0.05, 0) is 0 Å². The molecule has 1 fully saturated rings. The van der Waals surface area contributed by atoms with Gasteiger partial charge < -0.3 is 0 Å². The molecule has 0 aromatic rings. The van der Waals surface area contributed by atoms with E-state index in [2.05, 4.69) is 13.2 Å². The predicted molar refractivity (Wildman–Crippen MR) is 28.6 cm³/mol. The van der Waals surface area contributed by atoms with E-state index in [9.17, 15) is 0 Å². The van der Waals surface area contributed by atoms with Gasteiger partial charge in [0.2, 0.25) is 0 Å². The molecule has 0 N–H and O–H groups in total. The fourth-order valence-corrected chi connectivity index (χ4v) is 0. The van der Waals surface area contributed by atoms with Crippen molar-refractivity contribution in [2.24, 2.45) is 0 Å². The summed E-state index contributed by atoms with van der Waals surface area (Å²) >= 11 is 2.00. The Balaban J connectivity index is 0.0000000733. The smallest absolute Gasteiger partial charge is 0.00238 e. The van der Waals surface area contributed by atoms with Crippen LogP contribution in [0.5, 0.6) is 0 Å². The van der Waals surface area contributed by atoms with Gasteiger partial charge in [-0.15, -0.1) is 13.2 Å². The van der Waals surface area contributed by atoms with Gasteiger partial charge in [0.15, 0.2) is 0 Å². The lowest BCUT2D eigenvalue weighted by molar-refractivity contribution is 1.75. The SMILES string of the molecule is C1CS1.C=C. The average molecular weight is 88.2 g/mol. The molecule has 1 heterocycles. The Labute approximate surface area is 37.3 Å². The summed E-state index contributed by atoms with van der Waals surface area (Å²) < 4.78 is 0. The van der Waals surface area contributed by atoms with Gasteiger partial charge in [0.1, 0.15) is 0 Å². The van der Waals surface area contributed by atoms with Crippen molar-refractivity contribution in [2.75, 3.05) is 11.5 Å². The van der Waals surface area contributed by atoms with Crippen molar-refractivity contribution in [1.29, 1.82) is 0 Å². The Kier molecular flexibility index (Phi) is 4.16. The minimum Gasteiger partial charge on any atom is -0.160 e. The summed E-state index contributed by atoms with van der Waals surface area (Å²) in [6.45, 7) is 6.00. The molecule has 0 bridgehead atoms. The summed E-state index contributed by atoms with van der Waals surface area (Å²) in [5.74, 6) is 2.83. The third kappa shape index (κ3) is 15.0. The normalized spacial score (nSPS) is 15.2. The molecule has 0 aromatic carbocycles. The quantitative estimate of drug-likeness (QED) is 0.319. The largest absolute Gasteiger partial charge is 0.160 e. The first-order valence-electron chi connectivity index (χ1n) is 1.58. The van der Waals surface area contributed by atoms with Crippen molar-refractivity contribution in [3.8, 4) is 0 Å². The Morgan fingerprint density at radius 3 is 1.40 bits per heavy atom. The first-order chi connectivity index (χ1) is 2.50. The van der Waals surface area contributed by atoms with E-state index < -0.39 is 0 Å². The molecule has 1 aliphatic heterocycles. The van der Waals surface area contributed by atoms with Gasteiger partial charge >= 0.3 is 0 Å². The molecule has 0 saturated carbocycles. The Bertz CT molecular complexity index is 14.9. The van der Waals surface area contributed by atoms with Crippen LogP contribution in [0.15, 0.2) is 13.2 Å². The van der Waals surface area contributed by atoms with E-state index in [1.165, 1.54) is 11.5 Å². The number of rotatable bonds is 0. The van der Waals surface area contributed by atoms with Crippen molar-refractivity contribution in [3.63, 3.8) is 0 Å². The van der Waals surface area contributed by atoms with E-state index in [4.69, 9.17) is 0 Å². The fraction of sp³-hybridized carbons (Fsp3) is 0.500. The molecular formula is C4H8S. The zero-order chi connectivity index (χ0) is 4.12. The van der Waals surface area contributed by atoms with Crippen LogP contribution in [0.25, 0.3) is 0 Å². The summed E-state index contributed by atoms with van der Waals surface area (Å²) in [5, 5.41) is 0. The molecule has 5 heavy (non-hydrogen) atoms. The maximum atomic E-state index is 3.00. The molecule has 0 radical (unpaired) electrons. The molecule has 0 aliphatic carbocycles. The lowest BCUT2D eigenvalue weighted by Crippen LogP contribution is -1.20. The van der Waals surface area contributed by atoms with Crippen LogP contribution in [0, 0.1) is 0 Å². The van der Waals surface area contributed by atoms with E-state index in [0.717, 1.165) is 0 Å². The minimum atomic E-state index is 1.42. The molecule has 1 heteroatoms. The lowest BCUT2D eigenvalue weighted by atomic mass is 11.0. The van der Waals surface area contributed by atoms with Gasteiger partial charge in [-0.1, -0.05) is 0 Å². The topological polar surface area (TPSA) is 0 Å². The van der Waals surface area contributed by atoms with E-state index in [0.29, 0.717) is 0 Å². The molecule has 30 valence electrons. The van der Waals surface area contributed by atoms with Crippen molar-refractivity contribution in [1.82, 2.24) is 0 Å². The Hall–Kier alpha value is 0.0900. The van der Waals surface area contributed by atoms with Crippen molar-refractivity contribution >= 4 is 11.8 Å². The van der Waals surface area contributed by atoms with E-state index in [1.54, 1.807) is 0 Å². The van der Waals surface area contributed by atoms with Crippen molar-refractivity contribution in [3.05, 3.63) is 13.2 Å². The van der Waals surface area contributed by atoms with Gasteiger partial charge in [0.25, 0.3) is 0 Å². The van der Waals surface area contributed by atoms with Crippen molar-refractivity contribution < 1.29 is 0 Å². The highest BCUT2D eigenvalue weighted by Crippen LogP contribution is 2.14. The third-order valence-electron chi connectivity index (χ3n) is 0.204. The van der Waals surface area contributed by atoms with E-state index in [-0.39, 0.29) is 0 Å². The molecular weight excluding hydrogens is 80.1 g/mol. The number of thioether (sulfide) groups is 1. The summed E-state index contributed by atoms with van der Waals surface area (Å²) in [5.41, 5.74) is 0. The zero-order valence-corrected chi connectivity index (χ0v) is 4.05. The third-order valence-corrected chi connectivity index (χ3v) is 0.612. The Morgan fingerprint density at radius 2 is 1.40 bits per heavy atom. The maximum Gasteiger partial charge on any atom is 0.00238 e. The molecule has 0 aromatic heterocycles. The second kappa shape index (κ2) is 4.09. The lowest BCUT2D eigenvalue weighted by Gasteiger charge is -1.11. The van der Waals surface area contributed by atoms with Crippen LogP contribution in [0.3, 0.4) is 0 Å². The summed E-state index contributed by atoms with van der Waals surface area (Å²) in [7, 11) is 0. The fourth-order valence-electron chi connectivity index (χ4n) is 0. The van der Waals surface area contributed by atoms with Crippen LogP contribution in [0.1, 0.15) is 0 Å². The highest BCUT2D eigenvalue weighted by atomic mass is 32.2. The molecule has 0 unspecified atom stereocenters. The second-order valence-corrected chi connectivity index (χ2v) is 1.84. The van der Waals surface area contributed by atoms with Gasteiger partial charge in [-0.25, -0.2) is 0 Å². The molecule has 0 nitrogen and oxygen atoms in total. The minimum absolute atomic E-state index is 1.42.